The molecule has 0 radical (unpaired) electrons. The van der Waals surface area contributed by atoms with Crippen molar-refractivity contribution in [3.8, 4) is 0 Å². The minimum absolute atomic E-state index is 0.639. The summed E-state index contributed by atoms with van der Waals surface area (Å²) >= 11 is 0. The Hall–Kier alpha value is -4.20. The van der Waals surface area contributed by atoms with Crippen LogP contribution in [0, 0.1) is 13.8 Å². The van der Waals surface area contributed by atoms with Crippen LogP contribution in [0.3, 0.4) is 0 Å². The van der Waals surface area contributed by atoms with E-state index in [-0.39, 0.29) is 0 Å². The molecule has 0 aliphatic heterocycles. The summed E-state index contributed by atoms with van der Waals surface area (Å²) in [5, 5.41) is 0. The predicted molar refractivity (Wildman–Crippen MR) is 191 cm³/mol. The number of aromatic nitrogens is 4. The monoisotopic (exact) mass is 640 g/mol. The average molecular weight is 641 g/mol. The van der Waals surface area contributed by atoms with Gasteiger partial charge in [0, 0.05) is 0 Å². The number of aliphatic imine (C=N–C) groups is 2. The van der Waals surface area contributed by atoms with Crippen LogP contribution in [0.4, 0.5) is 11.4 Å². The third kappa shape index (κ3) is 8.21. The van der Waals surface area contributed by atoms with Gasteiger partial charge in [-0.2, -0.15) is 0 Å². The maximum Gasteiger partial charge on any atom is 0.345 e. The van der Waals surface area contributed by atoms with Crippen molar-refractivity contribution in [3.63, 3.8) is 0 Å². The fraction of sp³-hybridized carbons (Fsp3) is 0.487. The first-order valence-corrected chi connectivity index (χ1v) is 17.3. The standard InChI is InChI=1S/C39H56N6O2/c1-11-15-17-44-21-19-42(7)38(44)36(46-9)40-34-28(5)23-30(26-32(34)13-3)25-31-24-29(6)35(33(14-4)27-31)41-37(47-10)39-43(8)20-22-45(39)18-16-12-2/h19-24,26-27H,11-18,25H2,1-10H3/q+2/b40-36-,41-37-. The van der Waals surface area contributed by atoms with E-state index in [1.165, 1.54) is 22.3 Å². The van der Waals surface area contributed by atoms with Crippen LogP contribution >= 0.6 is 0 Å². The number of rotatable bonds is 14. The summed E-state index contributed by atoms with van der Waals surface area (Å²) < 4.78 is 20.5. The molecule has 0 saturated carbocycles. The highest BCUT2D eigenvalue weighted by Crippen LogP contribution is 2.31. The maximum atomic E-state index is 5.91. The highest BCUT2D eigenvalue weighted by atomic mass is 16.5. The normalized spacial score (nSPS) is 12.2. The first-order valence-electron chi connectivity index (χ1n) is 17.3. The molecule has 0 aliphatic carbocycles. The van der Waals surface area contributed by atoms with Crippen molar-refractivity contribution in [3.05, 3.63) is 94.1 Å². The number of unbranched alkanes of at least 4 members (excludes halogenated alkanes) is 2. The molecule has 0 atom stereocenters. The number of imidazole rings is 2. The lowest BCUT2D eigenvalue weighted by atomic mass is 9.94. The van der Waals surface area contributed by atoms with E-state index in [0.29, 0.717) is 11.8 Å². The first-order chi connectivity index (χ1) is 22.7. The molecule has 0 amide bonds. The van der Waals surface area contributed by atoms with Crippen LogP contribution in [0.1, 0.15) is 98.4 Å². The lowest BCUT2D eigenvalue weighted by Crippen LogP contribution is -2.36. The van der Waals surface area contributed by atoms with Crippen LogP contribution in [0.15, 0.2) is 59.0 Å². The smallest absolute Gasteiger partial charge is 0.345 e. The van der Waals surface area contributed by atoms with Crippen molar-refractivity contribution in [2.24, 2.45) is 24.1 Å². The number of nitrogens with zero attached hydrogens (tertiary/aromatic N) is 6. The molecular weight excluding hydrogens is 584 g/mol. The maximum absolute atomic E-state index is 5.91. The van der Waals surface area contributed by atoms with E-state index in [4.69, 9.17) is 19.5 Å². The van der Waals surface area contributed by atoms with Gasteiger partial charge in [0.1, 0.15) is 24.8 Å². The second-order valence-electron chi connectivity index (χ2n) is 12.5. The third-order valence-electron chi connectivity index (χ3n) is 8.90. The summed E-state index contributed by atoms with van der Waals surface area (Å²) in [7, 11) is 7.53. The molecule has 8 nitrogen and oxygen atoms in total. The summed E-state index contributed by atoms with van der Waals surface area (Å²) in [6.07, 6.45) is 15.5. The third-order valence-corrected chi connectivity index (χ3v) is 8.90. The fourth-order valence-corrected chi connectivity index (χ4v) is 6.36. The van der Waals surface area contributed by atoms with E-state index in [0.717, 1.165) is 92.2 Å². The van der Waals surface area contributed by atoms with Gasteiger partial charge in [-0.25, -0.2) is 28.3 Å². The molecule has 8 heteroatoms. The minimum Gasteiger partial charge on any atom is -0.475 e. The van der Waals surface area contributed by atoms with E-state index >= 15 is 0 Å². The van der Waals surface area contributed by atoms with Crippen LogP contribution in [-0.2, 0) is 55.9 Å². The summed E-state index contributed by atoms with van der Waals surface area (Å²) in [5.74, 6) is 3.24. The molecule has 0 unspecified atom stereocenters. The summed E-state index contributed by atoms with van der Waals surface area (Å²) in [6.45, 7) is 15.0. The Morgan fingerprint density at radius 1 is 0.660 bits per heavy atom. The number of ether oxygens (including phenoxy) is 2. The topological polar surface area (TPSA) is 60.8 Å². The molecule has 2 aromatic carbocycles. The quantitative estimate of drug-likeness (QED) is 0.0824. The van der Waals surface area contributed by atoms with Crippen LogP contribution < -0.4 is 9.13 Å². The fourth-order valence-electron chi connectivity index (χ4n) is 6.36. The van der Waals surface area contributed by atoms with Gasteiger partial charge in [-0.05, 0) is 79.3 Å². The molecule has 47 heavy (non-hydrogen) atoms. The molecule has 4 aromatic rings. The Bertz CT molecular complexity index is 1600. The van der Waals surface area contributed by atoms with Gasteiger partial charge >= 0.3 is 23.4 Å². The predicted octanol–water partition coefficient (Wildman–Crippen LogP) is 7.32. The van der Waals surface area contributed by atoms with Gasteiger partial charge in [-0.1, -0.05) is 64.8 Å². The van der Waals surface area contributed by atoms with Gasteiger partial charge in [-0.15, -0.1) is 0 Å². The van der Waals surface area contributed by atoms with E-state index in [1.54, 1.807) is 14.2 Å². The van der Waals surface area contributed by atoms with Crippen molar-refractivity contribution in [2.75, 3.05) is 14.2 Å². The lowest BCUT2D eigenvalue weighted by molar-refractivity contribution is -0.673. The summed E-state index contributed by atoms with van der Waals surface area (Å²) in [5.41, 5.74) is 9.31. The first kappa shape index (κ1) is 35.7. The van der Waals surface area contributed by atoms with Crippen LogP contribution in [0.5, 0.6) is 0 Å². The van der Waals surface area contributed by atoms with Crippen LogP contribution in [-0.4, -0.2) is 35.1 Å². The Balaban J connectivity index is 1.68. The zero-order valence-electron chi connectivity index (χ0n) is 30.5. The average Bonchev–Trinajstić information content (AvgIpc) is 3.62. The Labute approximate surface area is 282 Å². The van der Waals surface area contributed by atoms with Gasteiger partial charge in [0.25, 0.3) is 0 Å². The van der Waals surface area contributed by atoms with Crippen molar-refractivity contribution < 1.29 is 18.6 Å². The van der Waals surface area contributed by atoms with Crippen LogP contribution in [0.2, 0.25) is 0 Å². The second kappa shape index (κ2) is 16.6. The number of aryl methyl sites for hydroxylation is 8. The molecular formula is C39H56N6O2+2. The van der Waals surface area contributed by atoms with Crippen molar-refractivity contribution in [1.82, 2.24) is 9.13 Å². The van der Waals surface area contributed by atoms with Gasteiger partial charge in [0.05, 0.1) is 52.8 Å². The molecule has 0 aliphatic rings. The van der Waals surface area contributed by atoms with E-state index in [2.05, 4.69) is 109 Å². The van der Waals surface area contributed by atoms with Gasteiger partial charge < -0.3 is 9.47 Å². The Morgan fingerprint density at radius 2 is 1.06 bits per heavy atom. The second-order valence-corrected chi connectivity index (χ2v) is 12.5. The van der Waals surface area contributed by atoms with Gasteiger partial charge in [0.15, 0.2) is 0 Å². The highest BCUT2D eigenvalue weighted by Gasteiger charge is 2.25. The van der Waals surface area contributed by atoms with Crippen LogP contribution in [0.25, 0.3) is 0 Å². The van der Waals surface area contributed by atoms with Gasteiger partial charge in [-0.3, -0.25) is 0 Å². The van der Waals surface area contributed by atoms with Crippen molar-refractivity contribution >= 4 is 23.2 Å². The van der Waals surface area contributed by atoms with Gasteiger partial charge in [0.2, 0.25) is 0 Å². The molecule has 2 heterocycles. The number of hydrogen-bond donors (Lipinski definition) is 0. The number of methoxy groups -OCH3 is 2. The summed E-state index contributed by atoms with van der Waals surface area (Å²) in [6, 6.07) is 9.19. The zero-order valence-corrected chi connectivity index (χ0v) is 30.5. The van der Waals surface area contributed by atoms with E-state index < -0.39 is 0 Å². The SMILES string of the molecule is CCCCn1cc[n+](C)c1/C(=N/c1c(C)cc(Cc2cc(C)c(/N=C(\OC)c3n(CCCC)cc[n+]3C)c(CC)c2)cc1CC)OC. The van der Waals surface area contributed by atoms with Crippen molar-refractivity contribution in [2.45, 2.75) is 99.6 Å². The van der Waals surface area contributed by atoms with E-state index in [9.17, 15) is 0 Å². The molecule has 0 bridgehead atoms. The molecule has 0 N–H and O–H groups in total. The lowest BCUT2D eigenvalue weighted by Gasteiger charge is -2.15. The minimum atomic E-state index is 0.639. The summed E-state index contributed by atoms with van der Waals surface area (Å²) in [4.78, 5) is 10.3. The molecule has 0 saturated heterocycles. The molecule has 4 rings (SSSR count). The molecule has 0 spiro atoms. The van der Waals surface area contributed by atoms with E-state index in [1.807, 2.05) is 14.1 Å². The Kier molecular flexibility index (Phi) is 12.6. The molecule has 0 fully saturated rings. The number of hydrogen-bond acceptors (Lipinski definition) is 4. The highest BCUT2D eigenvalue weighted by molar-refractivity contribution is 5.92. The Morgan fingerprint density at radius 3 is 1.40 bits per heavy atom. The van der Waals surface area contributed by atoms with Crippen molar-refractivity contribution in [1.29, 1.82) is 0 Å². The molecule has 2 aromatic heterocycles. The largest absolute Gasteiger partial charge is 0.475 e. The molecule has 252 valence electrons. The number of benzene rings is 2. The zero-order chi connectivity index (χ0) is 34.1.